The molecule has 100 valence electrons. The van der Waals surface area contributed by atoms with Crippen molar-refractivity contribution in [1.82, 2.24) is 0 Å². The van der Waals surface area contributed by atoms with E-state index >= 15 is 0 Å². The van der Waals surface area contributed by atoms with E-state index in [-0.39, 0.29) is 17.8 Å². The Balaban J connectivity index is 1.95. The molecular weight excluding hydrogens is 258 g/mol. The van der Waals surface area contributed by atoms with Crippen molar-refractivity contribution < 1.29 is 19.2 Å². The summed E-state index contributed by atoms with van der Waals surface area (Å²) in [5.74, 6) is 5.28. The number of ether oxygens (including phenoxy) is 1. The average molecular weight is 270 g/mol. The minimum atomic E-state index is -1.83. The van der Waals surface area contributed by atoms with Gasteiger partial charge in [0.1, 0.15) is 18.2 Å². The minimum absolute atomic E-state index is 0.120. The van der Waals surface area contributed by atoms with Crippen molar-refractivity contribution in [3.8, 4) is 17.6 Å². The molecule has 0 aromatic heterocycles. The molecule has 0 saturated heterocycles. The first-order valence-electron chi connectivity index (χ1n) is 5.99. The summed E-state index contributed by atoms with van der Waals surface area (Å²) in [5, 5.41) is 17.8. The lowest BCUT2D eigenvalue weighted by atomic mass is 9.80. The maximum Gasteiger partial charge on any atom is 0.491 e. The molecule has 0 bridgehead atoms. The number of halogens is 1. The van der Waals surface area contributed by atoms with Crippen LogP contribution in [0.3, 0.4) is 0 Å². The third-order valence-electron chi connectivity index (χ3n) is 2.57. The van der Waals surface area contributed by atoms with Crippen LogP contribution in [0.5, 0.6) is 5.75 Å². The van der Waals surface area contributed by atoms with Crippen molar-refractivity contribution in [1.29, 1.82) is 0 Å². The fourth-order valence-electron chi connectivity index (χ4n) is 1.59. The molecule has 3 nitrogen and oxygen atoms in total. The van der Waals surface area contributed by atoms with E-state index in [1.807, 2.05) is 30.3 Å². The van der Waals surface area contributed by atoms with Crippen molar-refractivity contribution in [3.63, 3.8) is 0 Å². The standard InChI is InChI=1S/C15H12BFO3/c17-15-11-13(8-9-14(15)16(18)19)20-10-4-7-12-5-2-1-3-6-12/h1-3,5-6,8-9,11,18-19H,10H2. The number of hydrogen-bond donors (Lipinski definition) is 2. The average Bonchev–Trinajstić information content (AvgIpc) is 2.44. The Labute approximate surface area is 116 Å². The summed E-state index contributed by atoms with van der Waals surface area (Å²) in [6.45, 7) is 0.120. The highest BCUT2D eigenvalue weighted by atomic mass is 19.1. The zero-order chi connectivity index (χ0) is 14.4. The van der Waals surface area contributed by atoms with Crippen LogP contribution in [0.15, 0.2) is 48.5 Å². The third kappa shape index (κ3) is 3.85. The van der Waals surface area contributed by atoms with E-state index in [1.54, 1.807) is 0 Å². The molecule has 0 unspecified atom stereocenters. The molecule has 0 aliphatic rings. The van der Waals surface area contributed by atoms with Crippen LogP contribution in [0.2, 0.25) is 0 Å². The lowest BCUT2D eigenvalue weighted by Crippen LogP contribution is -2.32. The lowest BCUT2D eigenvalue weighted by molar-refractivity contribution is 0.367. The molecule has 0 aliphatic carbocycles. The molecule has 2 aromatic carbocycles. The molecule has 0 fully saturated rings. The first-order valence-corrected chi connectivity index (χ1v) is 5.99. The number of hydrogen-bond acceptors (Lipinski definition) is 3. The van der Waals surface area contributed by atoms with Crippen molar-refractivity contribution in [2.75, 3.05) is 6.61 Å². The third-order valence-corrected chi connectivity index (χ3v) is 2.57. The summed E-state index contributed by atoms with van der Waals surface area (Å²) in [6.07, 6.45) is 0. The van der Waals surface area contributed by atoms with E-state index in [4.69, 9.17) is 14.8 Å². The maximum absolute atomic E-state index is 13.4. The zero-order valence-corrected chi connectivity index (χ0v) is 10.6. The van der Waals surface area contributed by atoms with Gasteiger partial charge in [-0.25, -0.2) is 4.39 Å². The predicted molar refractivity (Wildman–Crippen MR) is 75.0 cm³/mol. The van der Waals surface area contributed by atoms with Crippen LogP contribution in [0.1, 0.15) is 5.56 Å². The second-order valence-electron chi connectivity index (χ2n) is 4.01. The van der Waals surface area contributed by atoms with Gasteiger partial charge in [-0.1, -0.05) is 36.1 Å². The Kier molecular flexibility index (Phi) is 4.77. The molecular formula is C15H12BFO3. The fourth-order valence-corrected chi connectivity index (χ4v) is 1.59. The second kappa shape index (κ2) is 6.76. The van der Waals surface area contributed by atoms with Crippen LogP contribution in [0.25, 0.3) is 0 Å². The molecule has 0 atom stereocenters. The highest BCUT2D eigenvalue weighted by Crippen LogP contribution is 2.10. The maximum atomic E-state index is 13.4. The van der Waals surface area contributed by atoms with Gasteiger partial charge in [0.05, 0.1) is 0 Å². The number of benzene rings is 2. The van der Waals surface area contributed by atoms with Crippen LogP contribution >= 0.6 is 0 Å². The summed E-state index contributed by atoms with van der Waals surface area (Å²) in [6, 6.07) is 13.3. The largest absolute Gasteiger partial charge is 0.491 e. The topological polar surface area (TPSA) is 49.7 Å². The van der Waals surface area contributed by atoms with E-state index < -0.39 is 12.9 Å². The minimum Gasteiger partial charge on any atom is -0.481 e. The fraction of sp³-hybridized carbons (Fsp3) is 0.0667. The van der Waals surface area contributed by atoms with Crippen molar-refractivity contribution >= 4 is 12.6 Å². The van der Waals surface area contributed by atoms with Gasteiger partial charge in [0, 0.05) is 17.1 Å². The Morgan fingerprint density at radius 2 is 1.85 bits per heavy atom. The Bertz CT molecular complexity index is 633. The molecule has 0 radical (unpaired) electrons. The molecule has 2 rings (SSSR count). The van der Waals surface area contributed by atoms with Gasteiger partial charge in [-0.3, -0.25) is 0 Å². The van der Waals surface area contributed by atoms with Gasteiger partial charge in [-0.2, -0.15) is 0 Å². The highest BCUT2D eigenvalue weighted by molar-refractivity contribution is 6.58. The summed E-state index contributed by atoms with van der Waals surface area (Å²) >= 11 is 0. The van der Waals surface area contributed by atoms with Crippen LogP contribution in [0.4, 0.5) is 4.39 Å². The summed E-state index contributed by atoms with van der Waals surface area (Å²) in [7, 11) is -1.83. The van der Waals surface area contributed by atoms with E-state index in [0.29, 0.717) is 0 Å². The summed E-state index contributed by atoms with van der Waals surface area (Å²) < 4.78 is 18.7. The molecule has 5 heteroatoms. The van der Waals surface area contributed by atoms with E-state index in [2.05, 4.69) is 11.8 Å². The van der Waals surface area contributed by atoms with Gasteiger partial charge in [0.15, 0.2) is 0 Å². The first-order chi connectivity index (χ1) is 9.66. The summed E-state index contributed by atoms with van der Waals surface area (Å²) in [5.41, 5.74) is 0.689. The van der Waals surface area contributed by atoms with Crippen LogP contribution in [-0.4, -0.2) is 23.8 Å². The quantitative estimate of drug-likeness (QED) is 0.644. The van der Waals surface area contributed by atoms with Crippen molar-refractivity contribution in [3.05, 3.63) is 59.9 Å². The first kappa shape index (κ1) is 14.1. The van der Waals surface area contributed by atoms with Crippen LogP contribution in [0, 0.1) is 17.7 Å². The van der Waals surface area contributed by atoms with Gasteiger partial charge in [0.25, 0.3) is 0 Å². The van der Waals surface area contributed by atoms with Crippen molar-refractivity contribution in [2.45, 2.75) is 0 Å². The Morgan fingerprint density at radius 3 is 2.50 bits per heavy atom. The molecule has 0 heterocycles. The molecule has 0 saturated carbocycles. The van der Waals surface area contributed by atoms with E-state index in [1.165, 1.54) is 12.1 Å². The van der Waals surface area contributed by atoms with Gasteiger partial charge in [-0.05, 0) is 18.2 Å². The zero-order valence-electron chi connectivity index (χ0n) is 10.6. The smallest absolute Gasteiger partial charge is 0.481 e. The number of rotatable bonds is 3. The highest BCUT2D eigenvalue weighted by Gasteiger charge is 2.16. The SMILES string of the molecule is OB(O)c1ccc(OCC#Cc2ccccc2)cc1F. The summed E-state index contributed by atoms with van der Waals surface area (Å²) in [4.78, 5) is 0. The second-order valence-corrected chi connectivity index (χ2v) is 4.01. The van der Waals surface area contributed by atoms with Crippen LogP contribution in [-0.2, 0) is 0 Å². The van der Waals surface area contributed by atoms with Crippen LogP contribution < -0.4 is 10.2 Å². The molecule has 2 aromatic rings. The normalized spacial score (nSPS) is 9.55. The van der Waals surface area contributed by atoms with Crippen molar-refractivity contribution in [2.24, 2.45) is 0 Å². The monoisotopic (exact) mass is 270 g/mol. The molecule has 0 aliphatic heterocycles. The predicted octanol–water partition coefficient (Wildman–Crippen LogP) is 0.936. The molecule has 20 heavy (non-hydrogen) atoms. The molecule has 0 spiro atoms. The lowest BCUT2D eigenvalue weighted by Gasteiger charge is -2.05. The van der Waals surface area contributed by atoms with Gasteiger partial charge in [-0.15, -0.1) is 0 Å². The van der Waals surface area contributed by atoms with E-state index in [0.717, 1.165) is 11.6 Å². The Morgan fingerprint density at radius 1 is 1.10 bits per heavy atom. The molecule has 2 N–H and O–H groups in total. The van der Waals surface area contributed by atoms with E-state index in [9.17, 15) is 4.39 Å². The van der Waals surface area contributed by atoms with Gasteiger partial charge < -0.3 is 14.8 Å². The van der Waals surface area contributed by atoms with Gasteiger partial charge in [0.2, 0.25) is 0 Å². The molecule has 0 amide bonds. The Hall–Kier alpha value is -2.29. The van der Waals surface area contributed by atoms with Gasteiger partial charge >= 0.3 is 7.12 Å².